The zero-order valence-corrected chi connectivity index (χ0v) is 14.4. The van der Waals surface area contributed by atoms with E-state index in [1.165, 1.54) is 11.3 Å². The topological polar surface area (TPSA) is 80.7 Å². The predicted molar refractivity (Wildman–Crippen MR) is 88.6 cm³/mol. The van der Waals surface area contributed by atoms with Crippen LogP contribution in [0.15, 0.2) is 17.5 Å². The number of carboxylic acids is 1. The van der Waals surface area contributed by atoms with E-state index < -0.39 is 5.97 Å². The number of hydrogen-bond donors (Lipinski definition) is 2. The average Bonchev–Trinajstić information content (AvgIpc) is 3.03. The quantitative estimate of drug-likeness (QED) is 0.809. The minimum Gasteiger partial charge on any atom is -0.496 e. The van der Waals surface area contributed by atoms with E-state index in [-0.39, 0.29) is 11.7 Å². The van der Waals surface area contributed by atoms with E-state index >= 15 is 0 Å². The number of benzene rings is 1. The van der Waals surface area contributed by atoms with E-state index in [4.69, 9.17) is 14.6 Å². The molecule has 0 amide bonds. The second-order valence-corrected chi connectivity index (χ2v) is 5.99. The maximum atomic E-state index is 10.9. The summed E-state index contributed by atoms with van der Waals surface area (Å²) in [6, 6.07) is 3.87. The van der Waals surface area contributed by atoms with E-state index in [2.05, 4.69) is 10.3 Å². The van der Waals surface area contributed by atoms with Gasteiger partial charge in [0.2, 0.25) is 0 Å². The van der Waals surface area contributed by atoms with Crippen molar-refractivity contribution in [3.63, 3.8) is 0 Å². The highest BCUT2D eigenvalue weighted by molar-refractivity contribution is 7.09. The molecule has 0 spiro atoms. The third-order valence-corrected chi connectivity index (χ3v) is 4.56. The van der Waals surface area contributed by atoms with Crippen LogP contribution in [0.1, 0.15) is 39.6 Å². The lowest BCUT2D eigenvalue weighted by Crippen LogP contribution is -2.18. The lowest BCUT2D eigenvalue weighted by Gasteiger charge is -2.15. The summed E-state index contributed by atoms with van der Waals surface area (Å²) in [5, 5.41) is 14.6. The van der Waals surface area contributed by atoms with Crippen LogP contribution in [-0.2, 0) is 6.54 Å². The molecular weight excluding hydrogens is 316 g/mol. The fraction of sp³-hybridized carbons (Fsp3) is 0.375. The molecule has 0 fully saturated rings. The molecule has 1 aromatic carbocycles. The molecule has 0 radical (unpaired) electrons. The first-order valence-corrected chi connectivity index (χ1v) is 7.97. The van der Waals surface area contributed by atoms with Crippen LogP contribution in [0.25, 0.3) is 0 Å². The molecule has 124 valence electrons. The van der Waals surface area contributed by atoms with Gasteiger partial charge < -0.3 is 19.9 Å². The number of carbonyl (C=O) groups is 1. The molecule has 6 nitrogen and oxygen atoms in total. The van der Waals surface area contributed by atoms with Crippen molar-refractivity contribution in [2.75, 3.05) is 14.2 Å². The molecule has 1 heterocycles. The van der Waals surface area contributed by atoms with Crippen LogP contribution < -0.4 is 14.8 Å². The number of thiazole rings is 1. The smallest absolute Gasteiger partial charge is 0.355 e. The summed E-state index contributed by atoms with van der Waals surface area (Å²) in [4.78, 5) is 15.0. The Morgan fingerprint density at radius 3 is 2.43 bits per heavy atom. The molecule has 0 saturated heterocycles. The number of carboxylic acid groups (broad SMARTS) is 1. The highest BCUT2D eigenvalue weighted by Gasteiger charge is 2.14. The summed E-state index contributed by atoms with van der Waals surface area (Å²) in [5.74, 6) is 0.542. The number of ether oxygens (including phenoxy) is 2. The molecule has 7 heteroatoms. The van der Waals surface area contributed by atoms with Crippen molar-refractivity contribution in [3.05, 3.63) is 39.3 Å². The van der Waals surface area contributed by atoms with Crippen LogP contribution in [0.4, 0.5) is 0 Å². The monoisotopic (exact) mass is 336 g/mol. The second-order valence-electron chi connectivity index (χ2n) is 5.10. The minimum absolute atomic E-state index is 0.0496. The zero-order chi connectivity index (χ0) is 17.0. The van der Waals surface area contributed by atoms with Gasteiger partial charge in [0.15, 0.2) is 5.69 Å². The molecule has 2 rings (SSSR count). The summed E-state index contributed by atoms with van der Waals surface area (Å²) in [5.41, 5.74) is 2.06. The Balaban J connectivity index is 2.08. The third kappa shape index (κ3) is 4.00. The normalized spacial score (nSPS) is 12.0. The molecule has 0 aliphatic rings. The van der Waals surface area contributed by atoms with Crippen LogP contribution >= 0.6 is 11.3 Å². The van der Waals surface area contributed by atoms with E-state index in [0.717, 1.165) is 27.6 Å². The lowest BCUT2D eigenvalue weighted by molar-refractivity contribution is 0.0691. The standard InChI is InChI=1S/C16H20N2O4S/c1-9-13(21-3)5-11(6-14(9)22-4)7-17-10(2)15-18-12(8-23-15)16(19)20/h5-6,8,10,17H,7H2,1-4H3,(H,19,20). The van der Waals surface area contributed by atoms with Crippen molar-refractivity contribution in [1.82, 2.24) is 10.3 Å². The summed E-state index contributed by atoms with van der Waals surface area (Å²) in [7, 11) is 3.26. The van der Waals surface area contributed by atoms with Gasteiger partial charge in [-0.1, -0.05) is 0 Å². The fourth-order valence-electron chi connectivity index (χ4n) is 2.19. The summed E-state index contributed by atoms with van der Waals surface area (Å²) < 4.78 is 10.7. The number of aromatic nitrogens is 1. The van der Waals surface area contributed by atoms with E-state index in [9.17, 15) is 4.79 Å². The third-order valence-electron chi connectivity index (χ3n) is 3.54. The van der Waals surface area contributed by atoms with Gasteiger partial charge in [0.05, 0.1) is 20.3 Å². The first-order valence-electron chi connectivity index (χ1n) is 7.09. The van der Waals surface area contributed by atoms with Crippen LogP contribution in [-0.4, -0.2) is 30.3 Å². The van der Waals surface area contributed by atoms with Gasteiger partial charge in [-0.15, -0.1) is 11.3 Å². The van der Waals surface area contributed by atoms with Gasteiger partial charge in [-0.3, -0.25) is 0 Å². The van der Waals surface area contributed by atoms with E-state index in [1.807, 2.05) is 26.0 Å². The molecule has 0 bridgehead atoms. The van der Waals surface area contributed by atoms with Gasteiger partial charge in [-0.25, -0.2) is 9.78 Å². The fourth-order valence-corrected chi connectivity index (χ4v) is 3.01. The maximum absolute atomic E-state index is 10.9. The molecule has 1 aromatic heterocycles. The zero-order valence-electron chi connectivity index (χ0n) is 13.5. The number of nitrogens with zero attached hydrogens (tertiary/aromatic N) is 1. The molecule has 1 atom stereocenters. The highest BCUT2D eigenvalue weighted by atomic mass is 32.1. The van der Waals surface area contributed by atoms with Gasteiger partial charge in [-0.05, 0) is 31.5 Å². The van der Waals surface area contributed by atoms with Gasteiger partial charge in [0, 0.05) is 17.5 Å². The van der Waals surface area contributed by atoms with Gasteiger partial charge in [0.25, 0.3) is 0 Å². The molecule has 2 aromatic rings. The van der Waals surface area contributed by atoms with E-state index in [0.29, 0.717) is 6.54 Å². The largest absolute Gasteiger partial charge is 0.496 e. The molecule has 2 N–H and O–H groups in total. The summed E-state index contributed by atoms with van der Waals surface area (Å²) >= 11 is 1.34. The Labute approximate surface area is 139 Å². The molecule has 1 unspecified atom stereocenters. The Bertz CT molecular complexity index is 674. The Morgan fingerprint density at radius 1 is 1.35 bits per heavy atom. The van der Waals surface area contributed by atoms with Crippen molar-refractivity contribution in [2.24, 2.45) is 0 Å². The van der Waals surface area contributed by atoms with Crippen molar-refractivity contribution in [3.8, 4) is 11.5 Å². The number of rotatable bonds is 7. The summed E-state index contributed by atoms with van der Waals surface area (Å²) in [6.07, 6.45) is 0. The van der Waals surface area contributed by atoms with Crippen LogP contribution in [0.2, 0.25) is 0 Å². The van der Waals surface area contributed by atoms with Crippen molar-refractivity contribution in [2.45, 2.75) is 26.4 Å². The molecule has 0 aliphatic carbocycles. The van der Waals surface area contributed by atoms with Crippen molar-refractivity contribution in [1.29, 1.82) is 0 Å². The molecule has 0 saturated carbocycles. The molecule has 0 aliphatic heterocycles. The van der Waals surface area contributed by atoms with E-state index in [1.54, 1.807) is 19.6 Å². The maximum Gasteiger partial charge on any atom is 0.355 e. The molecule has 23 heavy (non-hydrogen) atoms. The van der Waals surface area contributed by atoms with Crippen LogP contribution in [0, 0.1) is 6.92 Å². The van der Waals surface area contributed by atoms with Crippen LogP contribution in [0.5, 0.6) is 11.5 Å². The average molecular weight is 336 g/mol. The van der Waals surface area contributed by atoms with Gasteiger partial charge >= 0.3 is 5.97 Å². The Hall–Kier alpha value is -2.12. The van der Waals surface area contributed by atoms with Crippen molar-refractivity contribution < 1.29 is 19.4 Å². The first kappa shape index (κ1) is 17.2. The number of hydrogen-bond acceptors (Lipinski definition) is 6. The van der Waals surface area contributed by atoms with Gasteiger partial charge in [0.1, 0.15) is 16.5 Å². The summed E-state index contributed by atoms with van der Waals surface area (Å²) in [6.45, 7) is 4.49. The second kappa shape index (κ2) is 7.43. The lowest BCUT2D eigenvalue weighted by atomic mass is 10.1. The number of methoxy groups -OCH3 is 2. The number of aromatic carboxylic acids is 1. The number of nitrogens with one attached hydrogen (secondary N) is 1. The Kier molecular flexibility index (Phi) is 5.57. The van der Waals surface area contributed by atoms with Crippen molar-refractivity contribution >= 4 is 17.3 Å². The van der Waals surface area contributed by atoms with Gasteiger partial charge in [-0.2, -0.15) is 0 Å². The van der Waals surface area contributed by atoms with Crippen LogP contribution in [0.3, 0.4) is 0 Å². The predicted octanol–water partition coefficient (Wildman–Crippen LogP) is 3.02. The highest BCUT2D eigenvalue weighted by Crippen LogP contribution is 2.29. The Morgan fingerprint density at radius 2 is 1.96 bits per heavy atom. The molecular formula is C16H20N2O4S. The first-order chi connectivity index (χ1) is 11.0. The minimum atomic E-state index is -1.01. The SMILES string of the molecule is COc1cc(CNC(C)c2nc(C(=O)O)cs2)cc(OC)c1C.